The van der Waals surface area contributed by atoms with Crippen molar-refractivity contribution in [2.24, 2.45) is 4.99 Å². The third-order valence-corrected chi connectivity index (χ3v) is 5.61. The van der Waals surface area contributed by atoms with Crippen molar-refractivity contribution in [1.29, 1.82) is 0 Å². The Hall–Kier alpha value is -1.75. The van der Waals surface area contributed by atoms with Gasteiger partial charge in [-0.2, -0.15) is 0 Å². The monoisotopic (exact) mass is 532 g/mol. The number of benzene rings is 1. The highest BCUT2D eigenvalue weighted by Crippen LogP contribution is 2.37. The van der Waals surface area contributed by atoms with Gasteiger partial charge in [-0.1, -0.05) is 0 Å². The minimum atomic E-state index is -0.438. The van der Waals surface area contributed by atoms with Gasteiger partial charge in [0.1, 0.15) is 0 Å². The van der Waals surface area contributed by atoms with Crippen LogP contribution in [0.1, 0.15) is 33.3 Å². The van der Waals surface area contributed by atoms with Crippen molar-refractivity contribution in [3.05, 3.63) is 26.2 Å². The molecule has 0 bridgehead atoms. The van der Waals surface area contributed by atoms with E-state index in [-0.39, 0.29) is 12.5 Å². The Morgan fingerprint density at radius 3 is 2.59 bits per heavy atom. The lowest BCUT2D eigenvalue weighted by Crippen LogP contribution is -2.28. The molecule has 1 saturated heterocycles. The number of hydrogen-bond donors (Lipinski definition) is 0. The number of hydrogen-bond acceptors (Lipinski definition) is 7. The van der Waals surface area contributed by atoms with Crippen LogP contribution in [0, 0.1) is 3.57 Å². The number of likely N-dealkylation sites (N-methyl/N-ethyl adjacent to an activating group) is 1. The highest BCUT2D eigenvalue weighted by atomic mass is 127. The zero-order chi connectivity index (χ0) is 21.4. The number of aliphatic imine (C=N–C) groups is 1. The Kier molecular flexibility index (Phi) is 9.28. The van der Waals surface area contributed by atoms with Crippen molar-refractivity contribution < 1.29 is 23.8 Å². The molecule has 1 amide bonds. The highest BCUT2D eigenvalue weighted by molar-refractivity contribution is 14.1. The minimum absolute atomic E-state index is 0.0553. The molecule has 0 atom stereocenters. The maximum atomic E-state index is 12.7. The number of ether oxygens (including phenoxy) is 3. The first-order valence-electron chi connectivity index (χ1n) is 9.45. The number of halogens is 1. The van der Waals surface area contributed by atoms with Crippen molar-refractivity contribution >= 4 is 57.5 Å². The number of carbonyl (C=O) groups excluding carboxylic acids is 2. The normalized spacial score (nSPS) is 16.6. The second-order valence-corrected chi connectivity index (χ2v) is 7.94. The third-order valence-electron chi connectivity index (χ3n) is 3.77. The van der Waals surface area contributed by atoms with Crippen LogP contribution < -0.4 is 9.47 Å². The van der Waals surface area contributed by atoms with Gasteiger partial charge in [0.15, 0.2) is 23.3 Å². The number of rotatable bonds is 9. The molecule has 1 aliphatic heterocycles. The second-order valence-electron chi connectivity index (χ2n) is 5.77. The molecule has 0 saturated carbocycles. The van der Waals surface area contributed by atoms with Crippen LogP contribution in [0.2, 0.25) is 0 Å². The zero-order valence-corrected chi connectivity index (χ0v) is 20.0. The molecule has 1 heterocycles. The molecule has 29 heavy (non-hydrogen) atoms. The van der Waals surface area contributed by atoms with E-state index >= 15 is 0 Å². The van der Waals surface area contributed by atoms with Crippen LogP contribution in [0.4, 0.5) is 0 Å². The Balaban J connectivity index is 2.32. The molecule has 9 heteroatoms. The fourth-order valence-corrected chi connectivity index (χ4v) is 4.49. The highest BCUT2D eigenvalue weighted by Gasteiger charge is 2.32. The van der Waals surface area contributed by atoms with E-state index in [1.165, 1.54) is 11.8 Å². The van der Waals surface area contributed by atoms with Crippen LogP contribution in [0.5, 0.6) is 11.5 Å². The van der Waals surface area contributed by atoms with Crippen molar-refractivity contribution in [3.8, 4) is 11.5 Å². The van der Waals surface area contributed by atoms with E-state index in [9.17, 15) is 9.59 Å². The molecule has 0 radical (unpaired) electrons. The fourth-order valence-electron chi connectivity index (χ4n) is 2.60. The summed E-state index contributed by atoms with van der Waals surface area (Å²) in [5.74, 6) is 0.505. The van der Waals surface area contributed by atoms with Crippen LogP contribution >= 0.6 is 34.4 Å². The minimum Gasteiger partial charge on any atom is -0.490 e. The molecule has 0 N–H and O–H groups in total. The van der Waals surface area contributed by atoms with Gasteiger partial charge >= 0.3 is 5.97 Å². The van der Waals surface area contributed by atoms with Gasteiger partial charge in [0.2, 0.25) is 0 Å². The first-order chi connectivity index (χ1) is 13.9. The maximum absolute atomic E-state index is 12.7. The molecule has 1 aromatic rings. The Morgan fingerprint density at radius 1 is 1.21 bits per heavy atom. The van der Waals surface area contributed by atoms with Crippen LogP contribution in [0.25, 0.3) is 6.08 Å². The Morgan fingerprint density at radius 2 is 1.97 bits per heavy atom. The summed E-state index contributed by atoms with van der Waals surface area (Å²) < 4.78 is 17.0. The largest absolute Gasteiger partial charge is 0.490 e. The van der Waals surface area contributed by atoms with E-state index in [0.717, 1.165) is 14.3 Å². The lowest BCUT2D eigenvalue weighted by atomic mass is 10.2. The van der Waals surface area contributed by atoms with E-state index in [2.05, 4.69) is 27.6 Å². The fraction of sp³-hybridized carbons (Fsp3) is 0.450. The number of carbonyl (C=O) groups is 2. The van der Waals surface area contributed by atoms with E-state index in [0.29, 0.717) is 42.7 Å². The van der Waals surface area contributed by atoms with E-state index in [1.54, 1.807) is 17.9 Å². The van der Waals surface area contributed by atoms with Gasteiger partial charge in [0, 0.05) is 13.1 Å². The average molecular weight is 532 g/mol. The molecule has 158 valence electrons. The third kappa shape index (κ3) is 6.11. The summed E-state index contributed by atoms with van der Waals surface area (Å²) >= 11 is 3.50. The predicted molar refractivity (Wildman–Crippen MR) is 123 cm³/mol. The standard InChI is InChI=1S/C20H25IN2O5S/c1-5-22-20-23(6-2)19(25)16(29-20)11-13-9-14(21)18(15(10-13)26-7-3)28-12-17(24)27-8-4/h9-11H,5-8,12H2,1-4H3/b16-11+,22-20?. The van der Waals surface area contributed by atoms with E-state index in [4.69, 9.17) is 14.2 Å². The number of amidine groups is 1. The van der Waals surface area contributed by atoms with E-state index in [1.807, 2.05) is 32.9 Å². The topological polar surface area (TPSA) is 77.4 Å². The van der Waals surface area contributed by atoms with Crippen molar-refractivity contribution in [3.63, 3.8) is 0 Å². The number of thioether (sulfide) groups is 1. The smallest absolute Gasteiger partial charge is 0.344 e. The predicted octanol–water partition coefficient (Wildman–Crippen LogP) is 3.94. The number of amides is 1. The average Bonchev–Trinajstić information content (AvgIpc) is 2.96. The second kappa shape index (κ2) is 11.4. The van der Waals surface area contributed by atoms with E-state index < -0.39 is 5.97 Å². The molecule has 0 unspecified atom stereocenters. The molecule has 2 rings (SSSR count). The van der Waals surface area contributed by atoms with Gasteiger partial charge in [-0.3, -0.25) is 14.7 Å². The number of nitrogens with zero attached hydrogens (tertiary/aromatic N) is 2. The van der Waals surface area contributed by atoms with Crippen LogP contribution in [0.3, 0.4) is 0 Å². The van der Waals surface area contributed by atoms with Crippen LogP contribution in [-0.4, -0.2) is 54.9 Å². The lowest BCUT2D eigenvalue weighted by molar-refractivity contribution is -0.145. The van der Waals surface area contributed by atoms with Crippen LogP contribution in [0.15, 0.2) is 22.0 Å². The van der Waals surface area contributed by atoms with Gasteiger partial charge in [0.05, 0.1) is 21.7 Å². The summed E-state index contributed by atoms with van der Waals surface area (Å²) in [6.07, 6.45) is 1.83. The molecular formula is C20H25IN2O5S. The summed E-state index contributed by atoms with van der Waals surface area (Å²) in [4.78, 5) is 31.0. The van der Waals surface area contributed by atoms with Gasteiger partial charge < -0.3 is 14.2 Å². The zero-order valence-electron chi connectivity index (χ0n) is 17.0. The molecule has 0 aromatic heterocycles. The first-order valence-corrected chi connectivity index (χ1v) is 11.3. The Labute approximate surface area is 189 Å². The SMILES string of the molecule is CCN=C1S/C(=C/c2cc(I)c(OCC(=O)OCC)c(OCC)c2)C(=O)N1CC. The molecular weight excluding hydrogens is 507 g/mol. The molecule has 7 nitrogen and oxygen atoms in total. The molecule has 0 spiro atoms. The van der Waals surface area contributed by atoms with Gasteiger partial charge in [0.25, 0.3) is 5.91 Å². The molecule has 1 aliphatic rings. The van der Waals surface area contributed by atoms with Gasteiger partial charge in [-0.15, -0.1) is 0 Å². The first kappa shape index (κ1) is 23.5. The summed E-state index contributed by atoms with van der Waals surface area (Å²) in [5, 5.41) is 0.723. The number of esters is 1. The van der Waals surface area contributed by atoms with Crippen molar-refractivity contribution in [2.45, 2.75) is 27.7 Å². The van der Waals surface area contributed by atoms with Gasteiger partial charge in [-0.05, 0) is 85.8 Å². The summed E-state index contributed by atoms with van der Waals surface area (Å²) in [7, 11) is 0. The lowest BCUT2D eigenvalue weighted by Gasteiger charge is -2.14. The summed E-state index contributed by atoms with van der Waals surface area (Å²) in [6.45, 7) is 9.23. The van der Waals surface area contributed by atoms with Crippen molar-refractivity contribution in [1.82, 2.24) is 4.90 Å². The Bertz CT molecular complexity index is 825. The van der Waals surface area contributed by atoms with Crippen molar-refractivity contribution in [2.75, 3.05) is 32.9 Å². The molecule has 1 aromatic carbocycles. The molecule has 0 aliphatic carbocycles. The maximum Gasteiger partial charge on any atom is 0.344 e. The summed E-state index contributed by atoms with van der Waals surface area (Å²) in [6, 6.07) is 3.69. The van der Waals surface area contributed by atoms with Crippen LogP contribution in [-0.2, 0) is 14.3 Å². The molecule has 1 fully saturated rings. The quantitative estimate of drug-likeness (QED) is 0.273. The summed E-state index contributed by atoms with van der Waals surface area (Å²) in [5.41, 5.74) is 0.811. The van der Waals surface area contributed by atoms with Gasteiger partial charge in [-0.25, -0.2) is 4.79 Å².